The first-order chi connectivity index (χ1) is 67.4. The molecule has 6 aromatic heterocycles. The first-order valence-electron chi connectivity index (χ1n) is 46.3. The molecule has 632 valence electrons. The Morgan fingerprint density at radius 1 is 0.154 bits per heavy atom. The van der Waals surface area contributed by atoms with Crippen molar-refractivity contribution in [2.45, 2.75) is 0 Å². The molecule has 0 aliphatic heterocycles. The van der Waals surface area contributed by atoms with Gasteiger partial charge in [0.25, 0.3) is 0 Å². The summed E-state index contributed by atoms with van der Waals surface area (Å²) in [5, 5.41) is 21.6. The van der Waals surface area contributed by atoms with Crippen LogP contribution in [0.5, 0.6) is 0 Å². The second kappa shape index (κ2) is 33.0. The van der Waals surface area contributed by atoms with Gasteiger partial charge in [0.05, 0.1) is 73.0 Å². The summed E-state index contributed by atoms with van der Waals surface area (Å²) in [6.45, 7) is 0. The van der Waals surface area contributed by atoms with E-state index in [4.69, 9.17) is 29.9 Å². The molecule has 136 heavy (non-hydrogen) atoms. The van der Waals surface area contributed by atoms with Gasteiger partial charge in [-0.05, 0) is 155 Å². The highest BCUT2D eigenvalue weighted by molar-refractivity contribution is 6.25. The Balaban J connectivity index is 0.000000141. The highest BCUT2D eigenvalue weighted by atomic mass is 15.0. The highest BCUT2D eigenvalue weighted by Crippen LogP contribution is 2.46. The van der Waals surface area contributed by atoms with E-state index in [1.54, 1.807) is 0 Å². The van der Waals surface area contributed by atoms with Gasteiger partial charge in [-0.25, -0.2) is 29.9 Å². The Kier molecular flexibility index (Phi) is 19.1. The van der Waals surface area contributed by atoms with E-state index in [1.165, 1.54) is 86.4 Å². The summed E-state index contributed by atoms with van der Waals surface area (Å²) in [6.07, 6.45) is 0. The summed E-state index contributed by atoms with van der Waals surface area (Å²) < 4.78 is 4.78. The number of hydrogen-bond donors (Lipinski definition) is 0. The van der Waals surface area contributed by atoms with Crippen LogP contribution in [0.3, 0.4) is 0 Å². The van der Waals surface area contributed by atoms with E-state index in [9.17, 15) is 0 Å². The van der Waals surface area contributed by atoms with E-state index >= 15 is 0 Å². The normalized spacial score (nSPS) is 11.7. The fourth-order valence-corrected chi connectivity index (χ4v) is 20.5. The summed E-state index contributed by atoms with van der Waals surface area (Å²) in [4.78, 5) is 31.6. The second-order valence-corrected chi connectivity index (χ2v) is 35.1. The topological polar surface area (TPSA) is 87.2 Å². The molecule has 0 bridgehead atoms. The van der Waals surface area contributed by atoms with E-state index in [2.05, 4.69) is 458 Å². The predicted molar refractivity (Wildman–Crippen MR) is 568 cm³/mol. The van der Waals surface area contributed by atoms with Crippen LogP contribution in [0.1, 0.15) is 0 Å². The molecule has 0 aliphatic carbocycles. The fraction of sp³-hybridized carbons (Fsp3) is 0. The number of para-hydroxylation sites is 5. The smallest absolute Gasteiger partial charge is 0.160 e. The maximum Gasteiger partial charge on any atom is 0.160 e. The average molecular weight is 1730 g/mol. The van der Waals surface area contributed by atoms with Gasteiger partial charge in [0.1, 0.15) is 0 Å². The van der Waals surface area contributed by atoms with E-state index in [0.29, 0.717) is 11.6 Å². The van der Waals surface area contributed by atoms with E-state index in [1.807, 2.05) is 36.4 Å². The van der Waals surface area contributed by atoms with Crippen molar-refractivity contribution in [3.05, 3.63) is 485 Å². The summed E-state index contributed by atoms with van der Waals surface area (Å²) in [6, 6.07) is 173. The Labute approximate surface area is 784 Å². The highest BCUT2D eigenvalue weighted by Gasteiger charge is 2.24. The van der Waals surface area contributed by atoms with Crippen LogP contribution < -0.4 is 0 Å². The van der Waals surface area contributed by atoms with Crippen LogP contribution in [0.15, 0.2) is 485 Å². The lowest BCUT2D eigenvalue weighted by atomic mass is 9.93. The zero-order valence-electron chi connectivity index (χ0n) is 73.8. The van der Waals surface area contributed by atoms with Gasteiger partial charge in [-0.2, -0.15) is 0 Å². The van der Waals surface area contributed by atoms with Gasteiger partial charge in [-0.15, -0.1) is 0 Å². The summed E-state index contributed by atoms with van der Waals surface area (Å²) in [5.41, 5.74) is 29.5. The average Bonchev–Trinajstić information content (AvgIpc) is 1.52. The molecule has 27 rings (SSSR count). The van der Waals surface area contributed by atoms with Crippen LogP contribution >= 0.6 is 0 Å². The van der Waals surface area contributed by atoms with Crippen LogP contribution in [0.25, 0.3) is 265 Å². The number of hydrogen-bond acceptors (Lipinski definition) is 6. The number of aromatic nitrogens is 8. The zero-order chi connectivity index (χ0) is 89.7. The second-order valence-electron chi connectivity index (χ2n) is 35.1. The minimum absolute atomic E-state index is 0.688. The van der Waals surface area contributed by atoms with Crippen LogP contribution in [0.2, 0.25) is 0 Å². The van der Waals surface area contributed by atoms with Gasteiger partial charge in [0, 0.05) is 104 Å². The third-order valence-corrected chi connectivity index (χ3v) is 27.2. The van der Waals surface area contributed by atoms with Gasteiger partial charge >= 0.3 is 0 Å². The molecule has 0 spiro atoms. The van der Waals surface area contributed by atoms with Crippen LogP contribution in [-0.2, 0) is 0 Å². The van der Waals surface area contributed by atoms with Crippen molar-refractivity contribution in [1.29, 1.82) is 0 Å². The molecular weight excluding hydrogens is 1650 g/mol. The van der Waals surface area contributed by atoms with Crippen molar-refractivity contribution in [1.82, 2.24) is 39.0 Å². The van der Waals surface area contributed by atoms with Gasteiger partial charge in [0.15, 0.2) is 11.6 Å². The summed E-state index contributed by atoms with van der Waals surface area (Å²) in [5.74, 6) is 1.39. The molecule has 0 fully saturated rings. The monoisotopic (exact) mass is 1730 g/mol. The molecule has 0 amide bonds. The molecule has 0 radical (unpaired) electrons. The number of rotatable bonds is 13. The van der Waals surface area contributed by atoms with Crippen LogP contribution in [-0.4, -0.2) is 39.0 Å². The van der Waals surface area contributed by atoms with Gasteiger partial charge in [-0.3, -0.25) is 0 Å². The lowest BCUT2D eigenvalue weighted by Gasteiger charge is -2.16. The number of pyridine rings is 2. The molecule has 0 saturated carbocycles. The van der Waals surface area contributed by atoms with Crippen molar-refractivity contribution in [2.24, 2.45) is 0 Å². The molecule has 0 aliphatic rings. The van der Waals surface area contributed by atoms with Crippen LogP contribution in [0.4, 0.5) is 0 Å². The van der Waals surface area contributed by atoms with Gasteiger partial charge < -0.3 is 9.13 Å². The maximum atomic E-state index is 5.65. The largest absolute Gasteiger partial charge is 0.309 e. The Hall–Kier alpha value is -18.2. The lowest BCUT2D eigenvalue weighted by molar-refractivity contribution is 1.18. The molecule has 0 N–H and O–H groups in total. The molecule has 0 atom stereocenters. The molecule has 6 heterocycles. The quantitative estimate of drug-likeness (QED) is 0.107. The van der Waals surface area contributed by atoms with Gasteiger partial charge in [0.2, 0.25) is 0 Å². The molecule has 0 saturated heterocycles. The summed E-state index contributed by atoms with van der Waals surface area (Å²) in [7, 11) is 0. The van der Waals surface area contributed by atoms with E-state index in [-0.39, 0.29) is 0 Å². The Morgan fingerprint density at radius 3 is 0.956 bits per heavy atom. The molecular formula is C128H80N8. The predicted octanol–water partition coefficient (Wildman–Crippen LogP) is 33.5. The molecule has 8 nitrogen and oxygen atoms in total. The first kappa shape index (κ1) is 78.8. The van der Waals surface area contributed by atoms with Crippen molar-refractivity contribution in [3.8, 4) is 135 Å². The number of fused-ring (bicyclic) bond motifs is 18. The number of nitrogens with zero attached hydrogens (tertiary/aromatic N) is 8. The fourth-order valence-electron chi connectivity index (χ4n) is 20.5. The third-order valence-electron chi connectivity index (χ3n) is 27.2. The Bertz CT molecular complexity index is 9190. The third kappa shape index (κ3) is 13.9. The van der Waals surface area contributed by atoms with Crippen molar-refractivity contribution in [3.63, 3.8) is 0 Å². The van der Waals surface area contributed by atoms with Crippen LogP contribution in [0, 0.1) is 0 Å². The SMILES string of the molecule is c1ccc(-c2cc(-c3ccccc3)nc(-c3ccc(-c4ccc(-c5nc6ccc(-c7cccc(-n8c9ccccc9c9ccccc98)c7)cc6c6c5ccc5ccccc56)cc4)cc3)n2)cc1.c1ccc2cc(-c3cc(-c4ccc5ccccc5c4)nc(-c4ccc(-c5ccc(-c6nc7c(-n8c9ccccc9c9ccccc98)cccc7c7c6ccc6ccccc67)cc5)cc4)n3)ccc2c1. The van der Waals surface area contributed by atoms with E-state index in [0.717, 1.165) is 167 Å². The summed E-state index contributed by atoms with van der Waals surface area (Å²) >= 11 is 0. The van der Waals surface area contributed by atoms with Gasteiger partial charge in [-0.1, -0.05) is 406 Å². The Morgan fingerprint density at radius 2 is 0.485 bits per heavy atom. The first-order valence-corrected chi connectivity index (χ1v) is 46.3. The van der Waals surface area contributed by atoms with E-state index < -0.39 is 0 Å². The molecule has 27 aromatic rings. The molecule has 0 unspecified atom stereocenters. The minimum atomic E-state index is 0.688. The minimum Gasteiger partial charge on any atom is -0.309 e. The standard InChI is InChI=1S/C65H40N4.C63H40N4/c1-3-15-48-38-50(34-28-41(48)12-1)57-40-58(51-35-29-42-13-2-4-16-49(42)39-51)67-65(66-57)47-32-26-44(27-33-47)43-24-30-46(31-25-43)63-56-37-36-45-14-5-6-17-52(45)62(56)55-20-11-23-61(64(55)68-63)69-59-21-9-7-18-53(59)54-19-8-10-22-60(54)69;1-3-15-44(16-4-1)57-40-58(45-17-5-2-6-18-45)66-63(65-57)47-32-28-42(29-33-47)41-26-30-46(31-27-41)62-54-36-34-43-14-7-8-21-51(43)61(54)55-39-49(35-37-56(55)64-62)48-19-13-20-50(38-48)67-59-24-11-9-22-52(59)53-23-10-12-25-60(53)67/h1-40H;1-40H. The number of benzene rings is 21. The van der Waals surface area contributed by atoms with Crippen molar-refractivity contribution >= 4 is 130 Å². The molecule has 21 aromatic carbocycles. The van der Waals surface area contributed by atoms with Crippen molar-refractivity contribution in [2.75, 3.05) is 0 Å². The van der Waals surface area contributed by atoms with Crippen molar-refractivity contribution < 1.29 is 0 Å². The lowest BCUT2D eigenvalue weighted by Crippen LogP contribution is -1.99. The zero-order valence-corrected chi connectivity index (χ0v) is 73.8. The maximum absolute atomic E-state index is 5.65. The molecule has 8 heteroatoms.